The first-order valence-electron chi connectivity index (χ1n) is 6.41. The van der Waals surface area contributed by atoms with Crippen LogP contribution in [0.15, 0.2) is 0 Å². The van der Waals surface area contributed by atoms with Gasteiger partial charge in [0.2, 0.25) is 0 Å². The Balaban J connectivity index is 2.22. The number of halogens is 3. The van der Waals surface area contributed by atoms with Gasteiger partial charge in [0.15, 0.2) is 0 Å². The van der Waals surface area contributed by atoms with Crippen molar-refractivity contribution in [2.45, 2.75) is 44.3 Å². The van der Waals surface area contributed by atoms with E-state index in [9.17, 15) is 22.8 Å². The fourth-order valence-electron chi connectivity index (χ4n) is 3.26. The summed E-state index contributed by atoms with van der Waals surface area (Å²) in [6.45, 7) is -0.325. The van der Waals surface area contributed by atoms with Gasteiger partial charge in [-0.1, -0.05) is 12.8 Å². The van der Waals surface area contributed by atoms with Gasteiger partial charge >= 0.3 is 18.1 Å². The van der Waals surface area contributed by atoms with E-state index < -0.39 is 30.0 Å². The average Bonchev–Trinajstić information content (AvgIpc) is 2.35. The Labute approximate surface area is 108 Å². The second kappa shape index (κ2) is 5.02. The van der Waals surface area contributed by atoms with Crippen LogP contribution in [0.4, 0.5) is 13.2 Å². The van der Waals surface area contributed by atoms with Gasteiger partial charge in [-0.05, 0) is 25.2 Å². The number of amides is 1. The summed E-state index contributed by atoms with van der Waals surface area (Å²) in [7, 11) is 0. The Kier molecular flexibility index (Phi) is 3.73. The maximum absolute atomic E-state index is 12.6. The number of hydrogen-bond donors (Lipinski definition) is 1. The highest BCUT2D eigenvalue weighted by Crippen LogP contribution is 2.39. The molecular weight excluding hydrogens is 263 g/mol. The van der Waals surface area contributed by atoms with E-state index in [4.69, 9.17) is 5.11 Å². The third kappa shape index (κ3) is 2.84. The molecule has 2 rings (SSSR count). The van der Waals surface area contributed by atoms with Gasteiger partial charge in [-0.25, -0.2) is 0 Å². The molecule has 0 aromatic heterocycles. The molecule has 0 bridgehead atoms. The molecule has 1 heterocycles. The van der Waals surface area contributed by atoms with Crippen molar-refractivity contribution in [1.29, 1.82) is 0 Å². The number of hydrogen-bond acceptors (Lipinski definition) is 2. The minimum atomic E-state index is -4.93. The number of piperidine rings is 1. The largest absolute Gasteiger partial charge is 0.481 e. The Bertz CT molecular complexity index is 383. The van der Waals surface area contributed by atoms with Gasteiger partial charge in [0.1, 0.15) is 0 Å². The molecule has 0 aromatic carbocycles. The van der Waals surface area contributed by atoms with Crippen LogP contribution in [0.5, 0.6) is 0 Å². The lowest BCUT2D eigenvalue weighted by atomic mass is 9.75. The number of carbonyl (C=O) groups is 2. The molecule has 1 amide bonds. The Hall–Kier alpha value is -1.27. The average molecular weight is 279 g/mol. The second-order valence-corrected chi connectivity index (χ2v) is 5.34. The number of nitrogens with zero attached hydrogens (tertiary/aromatic N) is 1. The van der Waals surface area contributed by atoms with Crippen LogP contribution in [-0.2, 0) is 9.59 Å². The van der Waals surface area contributed by atoms with Crippen molar-refractivity contribution in [3.05, 3.63) is 0 Å². The van der Waals surface area contributed by atoms with Gasteiger partial charge in [-0.3, -0.25) is 9.59 Å². The summed E-state index contributed by atoms with van der Waals surface area (Å²) in [5.74, 6) is -4.01. The van der Waals surface area contributed by atoms with Crippen molar-refractivity contribution in [3.8, 4) is 0 Å². The van der Waals surface area contributed by atoms with E-state index in [1.54, 1.807) is 0 Å². The summed E-state index contributed by atoms with van der Waals surface area (Å²) in [6, 6.07) is -0.446. The maximum atomic E-state index is 12.6. The summed E-state index contributed by atoms with van der Waals surface area (Å²) in [5, 5.41) is 9.01. The molecule has 1 aliphatic heterocycles. The highest BCUT2D eigenvalue weighted by Gasteiger charge is 2.50. The van der Waals surface area contributed by atoms with Crippen molar-refractivity contribution in [1.82, 2.24) is 4.90 Å². The van der Waals surface area contributed by atoms with E-state index in [0.29, 0.717) is 19.3 Å². The number of likely N-dealkylation sites (tertiary alicyclic amines) is 1. The molecule has 0 radical (unpaired) electrons. The molecule has 0 aromatic rings. The Morgan fingerprint density at radius 1 is 1.16 bits per heavy atom. The molecule has 1 saturated carbocycles. The maximum Gasteiger partial charge on any atom is 0.471 e. The predicted octanol–water partition coefficient (Wildman–Crippen LogP) is 2.04. The lowest BCUT2D eigenvalue weighted by Crippen LogP contribution is -2.57. The molecule has 108 valence electrons. The quantitative estimate of drug-likeness (QED) is 0.799. The summed E-state index contributed by atoms with van der Waals surface area (Å²) in [4.78, 5) is 23.2. The molecule has 1 saturated heterocycles. The summed E-state index contributed by atoms with van der Waals surface area (Å²) >= 11 is 0. The molecule has 3 atom stereocenters. The zero-order valence-electron chi connectivity index (χ0n) is 10.3. The molecule has 0 spiro atoms. The molecule has 3 unspecified atom stereocenters. The van der Waals surface area contributed by atoms with Crippen LogP contribution >= 0.6 is 0 Å². The predicted molar refractivity (Wildman–Crippen MR) is 59.3 cm³/mol. The topological polar surface area (TPSA) is 57.6 Å². The smallest absolute Gasteiger partial charge is 0.471 e. The minimum absolute atomic E-state index is 0.116. The third-order valence-corrected chi connectivity index (χ3v) is 4.13. The number of carboxylic acid groups (broad SMARTS) is 1. The molecule has 1 N–H and O–H groups in total. The van der Waals surface area contributed by atoms with Crippen LogP contribution in [-0.4, -0.2) is 40.6 Å². The van der Waals surface area contributed by atoms with E-state index in [1.165, 1.54) is 0 Å². The summed E-state index contributed by atoms with van der Waals surface area (Å²) in [6.07, 6.45) is -1.62. The van der Waals surface area contributed by atoms with Gasteiger partial charge in [-0.15, -0.1) is 0 Å². The van der Waals surface area contributed by atoms with Gasteiger partial charge in [0, 0.05) is 12.6 Å². The first-order chi connectivity index (χ1) is 8.80. The number of fused-ring (bicyclic) bond motifs is 1. The lowest BCUT2D eigenvalue weighted by molar-refractivity contribution is -0.193. The van der Waals surface area contributed by atoms with Crippen LogP contribution in [0.2, 0.25) is 0 Å². The van der Waals surface area contributed by atoms with E-state index in [1.807, 2.05) is 0 Å². The standard InChI is InChI=1S/C12H16F3NO3/c13-12(14,15)11(19)16-6-8(10(17)18)5-7-3-1-2-4-9(7)16/h7-9H,1-6H2,(H,17,18). The van der Waals surface area contributed by atoms with Crippen molar-refractivity contribution < 1.29 is 27.9 Å². The molecule has 1 aliphatic carbocycles. The number of carbonyl (C=O) groups excluding carboxylic acids is 1. The summed E-state index contributed by atoms with van der Waals surface area (Å²) in [5.41, 5.74) is 0. The highest BCUT2D eigenvalue weighted by atomic mass is 19.4. The number of aliphatic carboxylic acids is 1. The third-order valence-electron chi connectivity index (χ3n) is 4.13. The van der Waals surface area contributed by atoms with E-state index in [2.05, 4.69) is 0 Å². The first kappa shape index (κ1) is 14.1. The lowest BCUT2D eigenvalue weighted by Gasteiger charge is -2.46. The molecule has 2 aliphatic rings. The zero-order chi connectivity index (χ0) is 14.2. The zero-order valence-corrected chi connectivity index (χ0v) is 10.3. The second-order valence-electron chi connectivity index (χ2n) is 5.34. The van der Waals surface area contributed by atoms with Gasteiger partial charge in [-0.2, -0.15) is 13.2 Å². The fourth-order valence-corrected chi connectivity index (χ4v) is 3.26. The minimum Gasteiger partial charge on any atom is -0.481 e. The van der Waals surface area contributed by atoms with Crippen molar-refractivity contribution >= 4 is 11.9 Å². The molecule has 2 fully saturated rings. The highest BCUT2D eigenvalue weighted by molar-refractivity contribution is 5.83. The van der Waals surface area contributed by atoms with Crippen molar-refractivity contribution in [2.24, 2.45) is 11.8 Å². The van der Waals surface area contributed by atoms with E-state index >= 15 is 0 Å². The first-order valence-corrected chi connectivity index (χ1v) is 6.41. The fraction of sp³-hybridized carbons (Fsp3) is 0.833. The van der Waals surface area contributed by atoms with E-state index in [0.717, 1.165) is 17.7 Å². The molecule has 7 heteroatoms. The van der Waals surface area contributed by atoms with Crippen LogP contribution in [0.3, 0.4) is 0 Å². The number of alkyl halides is 3. The van der Waals surface area contributed by atoms with Crippen LogP contribution < -0.4 is 0 Å². The Morgan fingerprint density at radius 3 is 2.37 bits per heavy atom. The van der Waals surface area contributed by atoms with Crippen LogP contribution in [0.1, 0.15) is 32.1 Å². The van der Waals surface area contributed by atoms with Gasteiger partial charge in [0.05, 0.1) is 5.92 Å². The van der Waals surface area contributed by atoms with Gasteiger partial charge in [0.25, 0.3) is 0 Å². The number of carboxylic acids is 1. The normalized spacial score (nSPS) is 31.7. The molecule has 19 heavy (non-hydrogen) atoms. The SMILES string of the molecule is O=C(O)C1CC2CCCCC2N(C(=O)C(F)(F)F)C1. The van der Waals surface area contributed by atoms with E-state index in [-0.39, 0.29) is 12.5 Å². The molecular formula is C12H16F3NO3. The number of rotatable bonds is 1. The Morgan fingerprint density at radius 2 is 1.79 bits per heavy atom. The molecule has 4 nitrogen and oxygen atoms in total. The monoisotopic (exact) mass is 279 g/mol. The van der Waals surface area contributed by atoms with Gasteiger partial charge < -0.3 is 10.0 Å². The summed E-state index contributed by atoms with van der Waals surface area (Å²) < 4.78 is 37.7. The van der Waals surface area contributed by atoms with Crippen LogP contribution in [0, 0.1) is 11.8 Å². The van der Waals surface area contributed by atoms with Crippen LogP contribution in [0.25, 0.3) is 0 Å². The van der Waals surface area contributed by atoms with Crippen molar-refractivity contribution in [2.75, 3.05) is 6.54 Å². The van der Waals surface area contributed by atoms with Crippen molar-refractivity contribution in [3.63, 3.8) is 0 Å².